The molecular weight excluding hydrogens is 336 g/mol. The summed E-state index contributed by atoms with van der Waals surface area (Å²) in [6.45, 7) is 13.5. The van der Waals surface area contributed by atoms with E-state index in [1.54, 1.807) is 11.3 Å². The largest absolute Gasteiger partial charge is 0.269 e. The smallest absolute Gasteiger partial charge is 0.201 e. The normalized spacial score (nSPS) is 11.8. The van der Waals surface area contributed by atoms with Gasteiger partial charge < -0.3 is 0 Å². The maximum atomic E-state index is 2.33. The van der Waals surface area contributed by atoms with Gasteiger partial charge in [-0.2, -0.15) is 4.57 Å². The van der Waals surface area contributed by atoms with E-state index >= 15 is 0 Å². The molecule has 0 atom stereocenters. The van der Waals surface area contributed by atoms with E-state index in [1.165, 1.54) is 44.1 Å². The van der Waals surface area contributed by atoms with Crippen LogP contribution < -0.4 is 9.13 Å². The summed E-state index contributed by atoms with van der Waals surface area (Å²) in [5.74, 6) is 0. The van der Waals surface area contributed by atoms with Crippen molar-refractivity contribution in [3.05, 3.63) is 58.2 Å². The van der Waals surface area contributed by atoms with Crippen molar-refractivity contribution in [1.82, 2.24) is 0 Å². The molecule has 2 nitrogen and oxygen atoms in total. The topological polar surface area (TPSA) is 7.76 Å². The predicted molar refractivity (Wildman–Crippen MR) is 110 cm³/mol. The molecule has 0 amide bonds. The zero-order chi connectivity index (χ0) is 19.2. The molecule has 0 aliphatic rings. The molecule has 3 heteroatoms. The van der Waals surface area contributed by atoms with Gasteiger partial charge in [0, 0.05) is 11.6 Å². The molecule has 3 rings (SSSR count). The summed E-state index contributed by atoms with van der Waals surface area (Å²) < 4.78 is 4.51. The van der Waals surface area contributed by atoms with Gasteiger partial charge in [-0.15, -0.1) is 0 Å². The highest BCUT2D eigenvalue weighted by molar-refractivity contribution is 7.12. The van der Waals surface area contributed by atoms with Gasteiger partial charge in [0.1, 0.15) is 14.1 Å². The number of hydrogen-bond donors (Lipinski definition) is 0. The molecule has 1 aromatic carbocycles. The Morgan fingerprint density at radius 3 is 2.08 bits per heavy atom. The van der Waals surface area contributed by atoms with Crippen molar-refractivity contribution in [1.29, 1.82) is 0 Å². The lowest BCUT2D eigenvalue weighted by molar-refractivity contribution is -0.661. The summed E-state index contributed by atoms with van der Waals surface area (Å²) in [5, 5.41) is 3.47. The second-order valence-corrected chi connectivity index (χ2v) is 9.26. The highest BCUT2D eigenvalue weighted by atomic mass is 32.1. The van der Waals surface area contributed by atoms with E-state index in [0.29, 0.717) is 0 Å². The van der Waals surface area contributed by atoms with E-state index in [0.717, 1.165) is 0 Å². The van der Waals surface area contributed by atoms with Crippen molar-refractivity contribution in [3.63, 3.8) is 0 Å². The molecule has 0 unspecified atom stereocenters. The van der Waals surface area contributed by atoms with Crippen molar-refractivity contribution in [2.45, 2.75) is 47.0 Å². The monoisotopic (exact) mass is 366 g/mol. The Kier molecular flexibility index (Phi) is 4.78. The molecule has 26 heavy (non-hydrogen) atoms. The van der Waals surface area contributed by atoms with Crippen LogP contribution in [0.15, 0.2) is 36.0 Å². The van der Waals surface area contributed by atoms with E-state index in [2.05, 4.69) is 101 Å². The number of thiazole rings is 1. The molecule has 0 saturated carbocycles. The molecule has 0 fully saturated rings. The summed E-state index contributed by atoms with van der Waals surface area (Å²) >= 11 is 1.81. The number of benzene rings is 1. The lowest BCUT2D eigenvalue weighted by Gasteiger charge is -2.18. The summed E-state index contributed by atoms with van der Waals surface area (Å²) in [6, 6.07) is 6.89. The van der Waals surface area contributed by atoms with E-state index < -0.39 is 0 Å². The summed E-state index contributed by atoms with van der Waals surface area (Å²) in [6.07, 6.45) is 4.41. The highest BCUT2D eigenvalue weighted by Crippen LogP contribution is 2.36. The van der Waals surface area contributed by atoms with Gasteiger partial charge in [0.25, 0.3) is 5.01 Å². The van der Waals surface area contributed by atoms with Crippen LogP contribution in [0.5, 0.6) is 0 Å². The molecule has 0 spiro atoms. The van der Waals surface area contributed by atoms with Crippen molar-refractivity contribution < 1.29 is 9.13 Å². The van der Waals surface area contributed by atoms with Crippen LogP contribution in [-0.2, 0) is 19.5 Å². The fourth-order valence-corrected chi connectivity index (χ4v) is 4.82. The van der Waals surface area contributed by atoms with E-state index in [9.17, 15) is 0 Å². The van der Waals surface area contributed by atoms with Gasteiger partial charge >= 0.3 is 0 Å². The molecule has 0 saturated heterocycles. The van der Waals surface area contributed by atoms with Crippen molar-refractivity contribution in [2.24, 2.45) is 14.1 Å². The van der Waals surface area contributed by atoms with Crippen LogP contribution in [0.25, 0.3) is 21.8 Å². The Hall–Kier alpha value is -2.00. The third kappa shape index (κ3) is 3.21. The standard InChI is InChI=1S/C23H30N2S/c1-15-13-16(2)21(22-24(7)11-12-26-22)17(3)20(15)19-10-9-18(14-25(19)8)23(4,5)6/h9-14H,1-8H3/q+2. The SMILES string of the molecule is Cc1cc(C)c(-c2scc[n+]2C)c(C)c1-c1ccc(C(C)(C)C)c[n+]1C. The zero-order valence-corrected chi connectivity index (χ0v) is 18.1. The quantitative estimate of drug-likeness (QED) is 0.567. The average Bonchev–Trinajstić information content (AvgIpc) is 2.93. The Morgan fingerprint density at radius 2 is 1.54 bits per heavy atom. The first-order valence-corrected chi connectivity index (χ1v) is 10.0. The number of rotatable bonds is 2. The minimum atomic E-state index is 0.156. The maximum Gasteiger partial charge on any atom is 0.269 e. The second-order valence-electron chi connectivity index (χ2n) is 8.37. The van der Waals surface area contributed by atoms with Gasteiger partial charge in [-0.1, -0.05) is 38.2 Å². The first-order chi connectivity index (χ1) is 12.1. The van der Waals surface area contributed by atoms with Gasteiger partial charge in [0.2, 0.25) is 5.69 Å². The fraction of sp³-hybridized carbons (Fsp3) is 0.391. The van der Waals surface area contributed by atoms with Crippen molar-refractivity contribution >= 4 is 11.3 Å². The van der Waals surface area contributed by atoms with Gasteiger partial charge in [-0.25, -0.2) is 4.57 Å². The molecule has 2 heterocycles. The average molecular weight is 367 g/mol. The first kappa shape index (κ1) is 18.8. The van der Waals surface area contributed by atoms with E-state index in [1.807, 2.05) is 0 Å². The van der Waals surface area contributed by atoms with Crippen LogP contribution in [0, 0.1) is 20.8 Å². The molecule has 0 bridgehead atoms. The number of pyridine rings is 1. The van der Waals surface area contributed by atoms with E-state index in [-0.39, 0.29) is 5.41 Å². The van der Waals surface area contributed by atoms with Crippen LogP contribution >= 0.6 is 11.3 Å². The Bertz CT molecular complexity index is 975. The highest BCUT2D eigenvalue weighted by Gasteiger charge is 2.25. The molecule has 0 aliphatic heterocycles. The Morgan fingerprint density at radius 1 is 0.885 bits per heavy atom. The lowest BCUT2D eigenvalue weighted by atomic mass is 9.87. The molecule has 3 aromatic rings. The molecular formula is C23H30N2S+2. The van der Waals surface area contributed by atoms with Gasteiger partial charge in [-0.05, 0) is 48.9 Å². The summed E-state index contributed by atoms with van der Waals surface area (Å²) in [5.41, 5.74) is 9.54. The van der Waals surface area contributed by atoms with E-state index in [4.69, 9.17) is 0 Å². The van der Waals surface area contributed by atoms with Crippen molar-refractivity contribution in [2.75, 3.05) is 0 Å². The number of hydrogen-bond acceptors (Lipinski definition) is 1. The lowest BCUT2D eigenvalue weighted by Crippen LogP contribution is -2.33. The maximum absolute atomic E-state index is 2.33. The number of aryl methyl sites for hydroxylation is 4. The summed E-state index contributed by atoms with van der Waals surface area (Å²) in [4.78, 5) is 0. The minimum Gasteiger partial charge on any atom is -0.201 e. The third-order valence-corrected chi connectivity index (χ3v) is 6.20. The van der Waals surface area contributed by atoms with Crippen LogP contribution in [-0.4, -0.2) is 0 Å². The molecule has 136 valence electrons. The zero-order valence-electron chi connectivity index (χ0n) is 17.3. The molecule has 0 aliphatic carbocycles. The number of aromatic nitrogens is 2. The van der Waals surface area contributed by atoms with Crippen LogP contribution in [0.1, 0.15) is 43.0 Å². The predicted octanol–water partition coefficient (Wildman–Crippen LogP) is 4.95. The number of nitrogens with zero attached hydrogens (tertiary/aromatic N) is 2. The van der Waals surface area contributed by atoms with Crippen LogP contribution in [0.4, 0.5) is 0 Å². The van der Waals surface area contributed by atoms with Gasteiger partial charge in [0.05, 0.1) is 16.5 Å². The van der Waals surface area contributed by atoms with Crippen LogP contribution in [0.3, 0.4) is 0 Å². The minimum absolute atomic E-state index is 0.156. The first-order valence-electron chi connectivity index (χ1n) is 9.16. The Labute approximate surface area is 161 Å². The molecule has 2 aromatic heterocycles. The fourth-order valence-electron chi connectivity index (χ4n) is 3.79. The third-order valence-electron chi connectivity index (χ3n) is 5.23. The molecule has 0 N–H and O–H groups in total. The van der Waals surface area contributed by atoms with Gasteiger partial charge in [0.15, 0.2) is 12.4 Å². The Balaban J connectivity index is 2.25. The molecule has 0 radical (unpaired) electrons. The van der Waals surface area contributed by atoms with Crippen molar-refractivity contribution in [3.8, 4) is 21.8 Å². The van der Waals surface area contributed by atoms with Gasteiger partial charge in [-0.3, -0.25) is 0 Å². The summed E-state index contributed by atoms with van der Waals surface area (Å²) in [7, 11) is 4.29. The van der Waals surface area contributed by atoms with Crippen LogP contribution in [0.2, 0.25) is 0 Å². The second kappa shape index (κ2) is 6.62.